The molecule has 0 aromatic carbocycles. The Morgan fingerprint density at radius 1 is 1.70 bits per heavy atom. The van der Waals surface area contributed by atoms with Gasteiger partial charge in [0.15, 0.2) is 6.29 Å². The molecular formula is C7H7NOS. The van der Waals surface area contributed by atoms with Crippen molar-refractivity contribution in [3.63, 3.8) is 0 Å². The second-order valence-electron chi connectivity index (χ2n) is 2.50. The van der Waals surface area contributed by atoms with Gasteiger partial charge in [0.25, 0.3) is 0 Å². The Hall–Kier alpha value is -0.700. The number of aldehydes is 1. The molecule has 0 unspecified atom stereocenters. The quantitative estimate of drug-likeness (QED) is 0.607. The zero-order chi connectivity index (χ0) is 6.97. The molecule has 0 spiro atoms. The largest absolute Gasteiger partial charge is 0.296 e. The van der Waals surface area contributed by atoms with Gasteiger partial charge in [0.1, 0.15) is 5.69 Å². The van der Waals surface area contributed by atoms with E-state index in [2.05, 4.69) is 4.98 Å². The van der Waals surface area contributed by atoms with Gasteiger partial charge in [0.05, 0.1) is 5.01 Å². The second-order valence-corrected chi connectivity index (χ2v) is 3.39. The maximum atomic E-state index is 10.2. The Labute approximate surface area is 62.9 Å². The molecule has 1 saturated carbocycles. The molecule has 2 nitrogen and oxygen atoms in total. The molecule has 0 saturated heterocycles. The zero-order valence-corrected chi connectivity index (χ0v) is 6.23. The van der Waals surface area contributed by atoms with Crippen molar-refractivity contribution in [2.24, 2.45) is 0 Å². The summed E-state index contributed by atoms with van der Waals surface area (Å²) >= 11 is 1.60. The minimum Gasteiger partial charge on any atom is -0.296 e. The van der Waals surface area contributed by atoms with Gasteiger partial charge in [0, 0.05) is 11.3 Å². The summed E-state index contributed by atoms with van der Waals surface area (Å²) in [7, 11) is 0. The Morgan fingerprint density at radius 3 is 3.00 bits per heavy atom. The molecular weight excluding hydrogens is 146 g/mol. The highest BCUT2D eigenvalue weighted by atomic mass is 32.1. The lowest BCUT2D eigenvalue weighted by molar-refractivity contribution is 0.111. The topological polar surface area (TPSA) is 30.0 Å². The maximum Gasteiger partial charge on any atom is 0.169 e. The monoisotopic (exact) mass is 153 g/mol. The molecule has 1 aliphatic carbocycles. The number of hydrogen-bond donors (Lipinski definition) is 0. The van der Waals surface area contributed by atoms with Crippen molar-refractivity contribution < 1.29 is 4.79 Å². The van der Waals surface area contributed by atoms with Crippen LogP contribution in [-0.2, 0) is 0 Å². The molecule has 1 fully saturated rings. The van der Waals surface area contributed by atoms with Crippen LogP contribution in [0.3, 0.4) is 0 Å². The van der Waals surface area contributed by atoms with Gasteiger partial charge in [-0.15, -0.1) is 11.3 Å². The molecule has 0 atom stereocenters. The van der Waals surface area contributed by atoms with Crippen LogP contribution in [0.2, 0.25) is 0 Å². The first-order chi connectivity index (χ1) is 4.90. The number of carbonyl (C=O) groups is 1. The summed E-state index contributed by atoms with van der Waals surface area (Å²) in [5.41, 5.74) is 0.590. The van der Waals surface area contributed by atoms with E-state index in [4.69, 9.17) is 0 Å². The predicted molar refractivity (Wildman–Crippen MR) is 39.5 cm³/mol. The normalized spacial score (nSPS) is 17.2. The third kappa shape index (κ3) is 0.968. The van der Waals surface area contributed by atoms with Gasteiger partial charge in [0.2, 0.25) is 0 Å². The van der Waals surface area contributed by atoms with Crippen LogP contribution < -0.4 is 0 Å². The smallest absolute Gasteiger partial charge is 0.169 e. The third-order valence-corrected chi connectivity index (χ3v) is 2.61. The first-order valence-electron chi connectivity index (χ1n) is 3.31. The lowest BCUT2D eigenvalue weighted by atomic mass is 10.4. The van der Waals surface area contributed by atoms with E-state index in [0.717, 1.165) is 11.3 Å². The first kappa shape index (κ1) is 6.04. The fourth-order valence-corrected chi connectivity index (χ4v) is 1.81. The van der Waals surface area contributed by atoms with E-state index in [1.54, 1.807) is 11.3 Å². The average molecular weight is 153 g/mol. The number of thiazole rings is 1. The average Bonchev–Trinajstić information content (AvgIpc) is 2.70. The summed E-state index contributed by atoms with van der Waals surface area (Å²) in [5, 5.41) is 2.96. The van der Waals surface area contributed by atoms with Gasteiger partial charge >= 0.3 is 0 Å². The van der Waals surface area contributed by atoms with Crippen LogP contribution in [0.4, 0.5) is 0 Å². The van der Waals surface area contributed by atoms with Crippen LogP contribution in [-0.4, -0.2) is 11.3 Å². The zero-order valence-electron chi connectivity index (χ0n) is 5.41. The van der Waals surface area contributed by atoms with Gasteiger partial charge in [-0.3, -0.25) is 4.79 Å². The Kier molecular flexibility index (Phi) is 1.31. The van der Waals surface area contributed by atoms with Gasteiger partial charge in [-0.1, -0.05) is 0 Å². The van der Waals surface area contributed by atoms with E-state index in [9.17, 15) is 4.79 Å². The number of carbonyl (C=O) groups excluding carboxylic acids is 1. The molecule has 1 aromatic rings. The standard InChI is InChI=1S/C7H7NOS/c9-3-6-4-10-7(8-6)5-1-2-5/h3-5H,1-2H2. The fourth-order valence-electron chi connectivity index (χ4n) is 0.873. The summed E-state index contributed by atoms with van der Waals surface area (Å²) in [6.45, 7) is 0. The molecule has 10 heavy (non-hydrogen) atoms. The van der Waals surface area contributed by atoms with Crippen molar-refractivity contribution in [3.05, 3.63) is 16.1 Å². The summed E-state index contributed by atoms with van der Waals surface area (Å²) < 4.78 is 0. The molecule has 0 N–H and O–H groups in total. The van der Waals surface area contributed by atoms with Crippen molar-refractivity contribution in [2.75, 3.05) is 0 Å². The van der Waals surface area contributed by atoms with Crippen LogP contribution >= 0.6 is 11.3 Å². The number of hydrogen-bond acceptors (Lipinski definition) is 3. The second kappa shape index (κ2) is 2.16. The van der Waals surface area contributed by atoms with Crippen LogP contribution in [0.25, 0.3) is 0 Å². The van der Waals surface area contributed by atoms with Gasteiger partial charge in [-0.2, -0.15) is 0 Å². The molecule has 1 heterocycles. The number of aromatic nitrogens is 1. The maximum absolute atomic E-state index is 10.2. The molecule has 0 radical (unpaired) electrons. The highest BCUT2D eigenvalue weighted by molar-refractivity contribution is 7.09. The van der Waals surface area contributed by atoms with Crippen molar-refractivity contribution in [1.29, 1.82) is 0 Å². The van der Waals surface area contributed by atoms with E-state index >= 15 is 0 Å². The SMILES string of the molecule is O=Cc1csc(C2CC2)n1. The molecule has 0 bridgehead atoms. The summed E-state index contributed by atoms with van der Waals surface area (Å²) in [6.07, 6.45) is 3.32. The van der Waals surface area contributed by atoms with Crippen molar-refractivity contribution in [1.82, 2.24) is 4.98 Å². The highest BCUT2D eigenvalue weighted by Crippen LogP contribution is 2.41. The van der Waals surface area contributed by atoms with Crippen molar-refractivity contribution in [2.45, 2.75) is 18.8 Å². The Balaban J connectivity index is 2.26. The van der Waals surface area contributed by atoms with Gasteiger partial charge < -0.3 is 0 Å². The summed E-state index contributed by atoms with van der Waals surface area (Å²) in [6, 6.07) is 0. The van der Waals surface area contributed by atoms with E-state index in [-0.39, 0.29) is 0 Å². The van der Waals surface area contributed by atoms with Crippen LogP contribution in [0, 0.1) is 0 Å². The molecule has 1 aliphatic rings. The number of nitrogens with zero attached hydrogens (tertiary/aromatic N) is 1. The number of rotatable bonds is 2. The fraction of sp³-hybridized carbons (Fsp3) is 0.429. The third-order valence-electron chi connectivity index (χ3n) is 1.59. The van der Waals surface area contributed by atoms with Crippen LogP contribution in [0.5, 0.6) is 0 Å². The molecule has 0 amide bonds. The summed E-state index contributed by atoms with van der Waals surface area (Å²) in [4.78, 5) is 14.3. The lowest BCUT2D eigenvalue weighted by Gasteiger charge is -1.82. The Morgan fingerprint density at radius 2 is 2.50 bits per heavy atom. The van der Waals surface area contributed by atoms with Crippen molar-refractivity contribution >= 4 is 17.6 Å². The first-order valence-corrected chi connectivity index (χ1v) is 4.18. The van der Waals surface area contributed by atoms with E-state index in [1.165, 1.54) is 12.8 Å². The minimum atomic E-state index is 0.590. The van der Waals surface area contributed by atoms with Crippen LogP contribution in [0.1, 0.15) is 34.3 Å². The van der Waals surface area contributed by atoms with E-state index < -0.39 is 0 Å². The van der Waals surface area contributed by atoms with Gasteiger partial charge in [-0.25, -0.2) is 4.98 Å². The van der Waals surface area contributed by atoms with Crippen LogP contribution in [0.15, 0.2) is 5.38 Å². The highest BCUT2D eigenvalue weighted by Gasteiger charge is 2.26. The summed E-state index contributed by atoms with van der Waals surface area (Å²) in [5.74, 6) is 0.679. The molecule has 3 heteroatoms. The predicted octanol–water partition coefficient (Wildman–Crippen LogP) is 1.83. The van der Waals surface area contributed by atoms with E-state index in [1.807, 2.05) is 5.38 Å². The minimum absolute atomic E-state index is 0.590. The molecule has 2 rings (SSSR count). The van der Waals surface area contributed by atoms with Gasteiger partial charge in [-0.05, 0) is 12.8 Å². The Bertz CT molecular complexity index is 252. The molecule has 0 aliphatic heterocycles. The molecule has 52 valence electrons. The molecule has 1 aromatic heterocycles. The lowest BCUT2D eigenvalue weighted by Crippen LogP contribution is -1.80. The van der Waals surface area contributed by atoms with E-state index in [0.29, 0.717) is 11.6 Å². The van der Waals surface area contributed by atoms with Crippen molar-refractivity contribution in [3.8, 4) is 0 Å².